The third-order valence-electron chi connectivity index (χ3n) is 3.55. The maximum absolute atomic E-state index is 12.6. The lowest BCUT2D eigenvalue weighted by atomic mass is 10.2. The molecule has 1 aliphatic heterocycles. The van der Waals surface area contributed by atoms with Gasteiger partial charge < -0.3 is 10.1 Å². The molecule has 0 bridgehead atoms. The van der Waals surface area contributed by atoms with Crippen LogP contribution in [0.25, 0.3) is 6.08 Å². The van der Waals surface area contributed by atoms with E-state index in [1.165, 1.54) is 16.7 Å². The van der Waals surface area contributed by atoms with Gasteiger partial charge in [0.05, 0.1) is 18.7 Å². The van der Waals surface area contributed by atoms with E-state index in [0.29, 0.717) is 20.9 Å². The first-order valence-electron chi connectivity index (χ1n) is 7.45. The van der Waals surface area contributed by atoms with Gasteiger partial charge in [-0.05, 0) is 42.0 Å². The van der Waals surface area contributed by atoms with Crippen molar-refractivity contribution >= 4 is 57.6 Å². The Kier molecular flexibility index (Phi) is 5.63. The van der Waals surface area contributed by atoms with Crippen LogP contribution < -0.4 is 10.1 Å². The molecule has 2 aromatic carbocycles. The number of thioether (sulfide) groups is 1. The Bertz CT molecular complexity index is 837. The Labute approximate surface area is 160 Å². The van der Waals surface area contributed by atoms with Gasteiger partial charge in [0.15, 0.2) is 0 Å². The summed E-state index contributed by atoms with van der Waals surface area (Å²) >= 11 is 12.6. The van der Waals surface area contributed by atoms with E-state index >= 15 is 0 Å². The minimum Gasteiger partial charge on any atom is -0.497 e. The number of methoxy groups -OCH3 is 1. The minimum atomic E-state index is -0.111. The number of thiocarbonyl (C=S) groups is 1. The molecule has 1 N–H and O–H groups in total. The Hall–Kier alpha value is -2.02. The van der Waals surface area contributed by atoms with Crippen LogP contribution in [0.3, 0.4) is 0 Å². The largest absolute Gasteiger partial charge is 0.497 e. The molecule has 0 radical (unpaired) electrons. The molecule has 3 rings (SSSR count). The predicted molar refractivity (Wildman–Crippen MR) is 108 cm³/mol. The second kappa shape index (κ2) is 7.91. The van der Waals surface area contributed by atoms with Crippen molar-refractivity contribution in [2.75, 3.05) is 19.1 Å². The number of ether oxygens (including phenoxy) is 1. The van der Waals surface area contributed by atoms with Gasteiger partial charge in [-0.1, -0.05) is 53.8 Å². The van der Waals surface area contributed by atoms with Crippen LogP contribution in [0.4, 0.5) is 5.69 Å². The second-order valence-corrected chi connectivity index (χ2v) is 7.34. The lowest BCUT2D eigenvalue weighted by Crippen LogP contribution is -2.33. The van der Waals surface area contributed by atoms with E-state index in [0.717, 1.165) is 17.0 Å². The summed E-state index contributed by atoms with van der Waals surface area (Å²) in [5.74, 6) is 0.663. The molecule has 1 amide bonds. The molecule has 0 spiro atoms. The van der Waals surface area contributed by atoms with E-state index < -0.39 is 0 Å². The molecule has 1 heterocycles. The van der Waals surface area contributed by atoms with Crippen LogP contribution in [0.2, 0.25) is 5.02 Å². The van der Waals surface area contributed by atoms with Gasteiger partial charge in [-0.15, -0.1) is 0 Å². The molecular formula is C18H15ClN2O2S2. The van der Waals surface area contributed by atoms with Gasteiger partial charge in [0.2, 0.25) is 0 Å². The number of carbonyl (C=O) groups excluding carboxylic acids is 1. The average Bonchev–Trinajstić information content (AvgIpc) is 2.87. The third kappa shape index (κ3) is 4.34. The van der Waals surface area contributed by atoms with Crippen molar-refractivity contribution in [3.63, 3.8) is 0 Å². The van der Waals surface area contributed by atoms with Crippen molar-refractivity contribution in [1.29, 1.82) is 0 Å². The number of hydrogen-bond donors (Lipinski definition) is 1. The molecule has 1 aliphatic rings. The van der Waals surface area contributed by atoms with Crippen LogP contribution >= 0.6 is 35.6 Å². The summed E-state index contributed by atoms with van der Waals surface area (Å²) in [6.07, 6.45) is 1.83. The van der Waals surface area contributed by atoms with Gasteiger partial charge in [-0.2, -0.15) is 0 Å². The van der Waals surface area contributed by atoms with Crippen molar-refractivity contribution < 1.29 is 9.53 Å². The van der Waals surface area contributed by atoms with Crippen LogP contribution in [0, 0.1) is 0 Å². The number of halogens is 1. The summed E-state index contributed by atoms with van der Waals surface area (Å²) in [6, 6.07) is 14.8. The van der Waals surface area contributed by atoms with Crippen molar-refractivity contribution in [3.8, 4) is 5.75 Å². The summed E-state index contributed by atoms with van der Waals surface area (Å²) in [4.78, 5) is 14.7. The van der Waals surface area contributed by atoms with Crippen molar-refractivity contribution in [2.45, 2.75) is 0 Å². The van der Waals surface area contributed by atoms with Crippen molar-refractivity contribution in [3.05, 3.63) is 64.0 Å². The summed E-state index contributed by atoms with van der Waals surface area (Å²) in [6.45, 7) is 0.297. The molecule has 0 aromatic heterocycles. The van der Waals surface area contributed by atoms with E-state index in [1.807, 2.05) is 42.5 Å². The first-order valence-corrected chi connectivity index (χ1v) is 9.06. The zero-order valence-corrected chi connectivity index (χ0v) is 15.8. The molecule has 0 unspecified atom stereocenters. The highest BCUT2D eigenvalue weighted by Crippen LogP contribution is 2.32. The lowest BCUT2D eigenvalue weighted by Gasteiger charge is -2.16. The molecule has 2 aromatic rings. The highest BCUT2D eigenvalue weighted by molar-refractivity contribution is 8.26. The molecule has 0 atom stereocenters. The first-order chi connectivity index (χ1) is 12.1. The molecule has 1 fully saturated rings. The monoisotopic (exact) mass is 390 g/mol. The van der Waals surface area contributed by atoms with E-state index in [9.17, 15) is 4.79 Å². The lowest BCUT2D eigenvalue weighted by molar-refractivity contribution is -0.121. The molecule has 0 saturated carbocycles. The number of anilines is 1. The van der Waals surface area contributed by atoms with Gasteiger partial charge in [0, 0.05) is 10.7 Å². The summed E-state index contributed by atoms with van der Waals surface area (Å²) in [7, 11) is 1.62. The van der Waals surface area contributed by atoms with Crippen molar-refractivity contribution in [2.24, 2.45) is 0 Å². The highest BCUT2D eigenvalue weighted by atomic mass is 35.5. The Morgan fingerprint density at radius 1 is 1.28 bits per heavy atom. The normalized spacial score (nSPS) is 15.8. The summed E-state index contributed by atoms with van der Waals surface area (Å²) < 4.78 is 5.66. The molecule has 128 valence electrons. The molecule has 4 nitrogen and oxygen atoms in total. The van der Waals surface area contributed by atoms with Crippen LogP contribution in [-0.2, 0) is 4.79 Å². The summed E-state index contributed by atoms with van der Waals surface area (Å²) in [5, 5.41) is 3.80. The van der Waals surface area contributed by atoms with E-state index in [1.54, 1.807) is 19.2 Å². The zero-order valence-electron chi connectivity index (χ0n) is 13.4. The Morgan fingerprint density at radius 3 is 2.72 bits per heavy atom. The molecule has 0 aliphatic carbocycles. The predicted octanol–water partition coefficient (Wildman–Crippen LogP) is 4.62. The standard InChI is InChI=1S/C18H15ClN2O2S2/c1-23-15-7-5-12(6-8-15)9-16-17(22)21(18(24)25-16)11-20-14-4-2-3-13(19)10-14/h2-10,20H,11H2,1H3. The number of benzene rings is 2. The van der Waals surface area contributed by atoms with Gasteiger partial charge in [0.1, 0.15) is 10.1 Å². The van der Waals surface area contributed by atoms with Crippen LogP contribution in [-0.4, -0.2) is 28.9 Å². The number of nitrogens with one attached hydrogen (secondary N) is 1. The Morgan fingerprint density at radius 2 is 2.04 bits per heavy atom. The average molecular weight is 391 g/mol. The van der Waals surface area contributed by atoms with Gasteiger partial charge in [-0.3, -0.25) is 9.69 Å². The number of rotatable bonds is 5. The van der Waals surface area contributed by atoms with E-state index in [-0.39, 0.29) is 5.91 Å². The minimum absolute atomic E-state index is 0.111. The molecule has 1 saturated heterocycles. The molecule has 25 heavy (non-hydrogen) atoms. The smallest absolute Gasteiger partial charge is 0.267 e. The van der Waals surface area contributed by atoms with Crippen LogP contribution in [0.15, 0.2) is 53.4 Å². The van der Waals surface area contributed by atoms with Crippen LogP contribution in [0.5, 0.6) is 5.75 Å². The number of carbonyl (C=O) groups is 1. The molecule has 7 heteroatoms. The topological polar surface area (TPSA) is 41.6 Å². The fourth-order valence-corrected chi connectivity index (χ4v) is 3.70. The number of nitrogens with zero attached hydrogens (tertiary/aromatic N) is 1. The fraction of sp³-hybridized carbons (Fsp3) is 0.111. The van der Waals surface area contributed by atoms with Crippen molar-refractivity contribution in [1.82, 2.24) is 4.90 Å². The Balaban J connectivity index is 1.69. The first kappa shape index (κ1) is 17.8. The van der Waals surface area contributed by atoms with Gasteiger partial charge in [0.25, 0.3) is 5.91 Å². The zero-order chi connectivity index (χ0) is 17.8. The SMILES string of the molecule is COc1ccc(C=C2SC(=S)N(CNc3cccc(Cl)c3)C2=O)cc1. The highest BCUT2D eigenvalue weighted by Gasteiger charge is 2.31. The maximum Gasteiger partial charge on any atom is 0.267 e. The van der Waals surface area contributed by atoms with Crippen LogP contribution in [0.1, 0.15) is 5.56 Å². The number of amides is 1. The third-order valence-corrected chi connectivity index (χ3v) is 5.17. The summed E-state index contributed by atoms with van der Waals surface area (Å²) in [5.41, 5.74) is 1.75. The maximum atomic E-state index is 12.6. The number of hydrogen-bond acceptors (Lipinski definition) is 5. The second-order valence-electron chi connectivity index (χ2n) is 5.23. The van der Waals surface area contributed by atoms with E-state index in [2.05, 4.69) is 5.32 Å². The molecular weight excluding hydrogens is 376 g/mol. The van der Waals surface area contributed by atoms with E-state index in [4.69, 9.17) is 28.6 Å². The quantitative estimate of drug-likeness (QED) is 0.596. The fourth-order valence-electron chi connectivity index (χ4n) is 2.26. The van der Waals surface area contributed by atoms with Gasteiger partial charge in [-0.25, -0.2) is 0 Å². The van der Waals surface area contributed by atoms with Gasteiger partial charge >= 0.3 is 0 Å².